The van der Waals surface area contributed by atoms with E-state index in [2.05, 4.69) is 5.32 Å². The average Bonchev–Trinajstić information content (AvgIpc) is 2.37. The van der Waals surface area contributed by atoms with E-state index >= 15 is 0 Å². The smallest absolute Gasteiger partial charge is 0.365 e. The third-order valence-electron chi connectivity index (χ3n) is 4.85. The van der Waals surface area contributed by atoms with E-state index in [9.17, 15) is 13.2 Å². The second kappa shape index (κ2) is 5.60. The molecule has 0 amide bonds. The number of nitrogens with one attached hydrogen (secondary N) is 1. The normalized spacial score (nSPS) is 32.1. The lowest BCUT2D eigenvalue weighted by Gasteiger charge is -2.58. The Morgan fingerprint density at radius 2 is 1.89 bits per heavy atom. The molecule has 19 heavy (non-hydrogen) atoms. The summed E-state index contributed by atoms with van der Waals surface area (Å²) < 4.78 is 43.2. The van der Waals surface area contributed by atoms with Crippen molar-refractivity contribution in [2.24, 2.45) is 5.41 Å². The first-order chi connectivity index (χ1) is 8.90. The van der Waals surface area contributed by atoms with Crippen molar-refractivity contribution in [3.63, 3.8) is 0 Å². The second-order valence-corrected chi connectivity index (χ2v) is 5.95. The first kappa shape index (κ1) is 15.1. The van der Waals surface area contributed by atoms with Crippen molar-refractivity contribution in [1.82, 2.24) is 5.32 Å². The lowest BCUT2D eigenvalue weighted by molar-refractivity contribution is -0.264. The highest BCUT2D eigenvalue weighted by molar-refractivity contribution is 5.09. The Morgan fingerprint density at radius 1 is 1.26 bits per heavy atom. The maximum absolute atomic E-state index is 12.6. The molecule has 5 heteroatoms. The molecule has 0 heterocycles. The van der Waals surface area contributed by atoms with Crippen molar-refractivity contribution in [3.8, 4) is 0 Å². The van der Waals surface area contributed by atoms with Gasteiger partial charge in [-0.15, -0.1) is 0 Å². The van der Waals surface area contributed by atoms with Crippen LogP contribution in [0, 0.1) is 5.41 Å². The summed E-state index contributed by atoms with van der Waals surface area (Å²) in [7, 11) is 0. The third-order valence-corrected chi connectivity index (χ3v) is 4.85. The van der Waals surface area contributed by atoms with Crippen molar-refractivity contribution in [1.29, 1.82) is 0 Å². The lowest BCUT2D eigenvalue weighted by Crippen LogP contribution is -2.65. The van der Waals surface area contributed by atoms with Crippen molar-refractivity contribution in [3.05, 3.63) is 0 Å². The monoisotopic (exact) mass is 279 g/mol. The minimum absolute atomic E-state index is 0.0478. The zero-order chi connectivity index (χ0) is 14.1. The van der Waals surface area contributed by atoms with Crippen molar-refractivity contribution in [2.75, 3.05) is 6.54 Å². The molecule has 0 aliphatic heterocycles. The molecular weight excluding hydrogens is 255 g/mol. The van der Waals surface area contributed by atoms with Gasteiger partial charge in [0.25, 0.3) is 0 Å². The number of hydrogen-bond donors (Lipinski definition) is 1. The standard InChI is InChI=1S/C14H24F3NO/c1-3-18-11-9-12(19-10(2)14(15,16)17)13(11)7-5-4-6-8-13/h10-12,18H,3-9H2,1-2H3. The van der Waals surface area contributed by atoms with Crippen LogP contribution in [0.15, 0.2) is 0 Å². The van der Waals surface area contributed by atoms with Gasteiger partial charge in [-0.05, 0) is 32.7 Å². The number of rotatable bonds is 4. The topological polar surface area (TPSA) is 21.3 Å². The number of halogens is 3. The fraction of sp³-hybridized carbons (Fsp3) is 1.00. The molecule has 1 N–H and O–H groups in total. The Morgan fingerprint density at radius 3 is 2.42 bits per heavy atom. The van der Waals surface area contributed by atoms with Crippen molar-refractivity contribution in [2.45, 2.75) is 76.8 Å². The molecule has 3 unspecified atom stereocenters. The van der Waals surface area contributed by atoms with Gasteiger partial charge in [0.15, 0.2) is 6.10 Å². The van der Waals surface area contributed by atoms with Gasteiger partial charge in [0.05, 0.1) is 6.10 Å². The van der Waals surface area contributed by atoms with E-state index in [0.717, 1.165) is 39.2 Å². The predicted molar refractivity (Wildman–Crippen MR) is 68.0 cm³/mol. The maximum Gasteiger partial charge on any atom is 0.414 e. The van der Waals surface area contributed by atoms with Gasteiger partial charge in [-0.1, -0.05) is 26.2 Å². The number of alkyl halides is 3. The molecule has 112 valence electrons. The Labute approximate surface area is 113 Å². The van der Waals surface area contributed by atoms with Crippen LogP contribution in [-0.4, -0.2) is 31.0 Å². The van der Waals surface area contributed by atoms with Crippen LogP contribution in [0.1, 0.15) is 52.4 Å². The molecule has 0 aromatic heterocycles. The van der Waals surface area contributed by atoms with Gasteiger partial charge in [-0.3, -0.25) is 0 Å². The van der Waals surface area contributed by atoms with Crippen LogP contribution >= 0.6 is 0 Å². The highest BCUT2D eigenvalue weighted by Crippen LogP contribution is 2.54. The minimum Gasteiger partial charge on any atom is -0.365 e. The summed E-state index contributed by atoms with van der Waals surface area (Å²) in [4.78, 5) is 0. The Bertz CT molecular complexity index is 300. The second-order valence-electron chi connectivity index (χ2n) is 5.95. The molecule has 2 aliphatic rings. The number of hydrogen-bond acceptors (Lipinski definition) is 2. The molecule has 0 bridgehead atoms. The molecule has 2 fully saturated rings. The van der Waals surface area contributed by atoms with Gasteiger partial charge in [-0.2, -0.15) is 13.2 Å². The summed E-state index contributed by atoms with van der Waals surface area (Å²) >= 11 is 0. The van der Waals surface area contributed by atoms with E-state index in [1.54, 1.807) is 0 Å². The van der Waals surface area contributed by atoms with E-state index in [1.807, 2.05) is 6.92 Å². The molecule has 2 nitrogen and oxygen atoms in total. The summed E-state index contributed by atoms with van der Waals surface area (Å²) in [5.41, 5.74) is -0.0478. The van der Waals surface area contributed by atoms with E-state index in [0.29, 0.717) is 12.5 Å². The highest BCUT2D eigenvalue weighted by atomic mass is 19.4. The van der Waals surface area contributed by atoms with Crippen LogP contribution < -0.4 is 5.32 Å². The largest absolute Gasteiger partial charge is 0.414 e. The van der Waals surface area contributed by atoms with Crippen molar-refractivity contribution >= 4 is 0 Å². The minimum atomic E-state index is -4.25. The van der Waals surface area contributed by atoms with Crippen LogP contribution in [0.5, 0.6) is 0 Å². The molecule has 2 rings (SSSR count). The van der Waals surface area contributed by atoms with E-state index in [4.69, 9.17) is 4.74 Å². The van der Waals surface area contributed by atoms with Crippen LogP contribution in [0.4, 0.5) is 13.2 Å². The predicted octanol–water partition coefficient (Wildman–Crippen LogP) is 3.65. The summed E-state index contributed by atoms with van der Waals surface area (Å²) in [6, 6.07) is 0.336. The average molecular weight is 279 g/mol. The van der Waals surface area contributed by atoms with Gasteiger partial charge in [0, 0.05) is 11.5 Å². The summed E-state index contributed by atoms with van der Waals surface area (Å²) in [6.07, 6.45) is 0.00647. The van der Waals surface area contributed by atoms with Gasteiger partial charge >= 0.3 is 6.18 Å². The highest BCUT2D eigenvalue weighted by Gasteiger charge is 2.57. The first-order valence-electron chi connectivity index (χ1n) is 7.35. The quantitative estimate of drug-likeness (QED) is 0.848. The fourth-order valence-corrected chi connectivity index (χ4v) is 3.68. The third kappa shape index (κ3) is 2.92. The van der Waals surface area contributed by atoms with Gasteiger partial charge < -0.3 is 10.1 Å². The molecule has 0 saturated heterocycles. The first-order valence-corrected chi connectivity index (χ1v) is 7.35. The molecule has 2 aliphatic carbocycles. The van der Waals surface area contributed by atoms with Crippen LogP contribution in [0.2, 0.25) is 0 Å². The Balaban J connectivity index is 2.01. The molecule has 0 aromatic carbocycles. The number of ether oxygens (including phenoxy) is 1. The molecule has 0 aromatic rings. The summed E-state index contributed by atoms with van der Waals surface area (Å²) in [5.74, 6) is 0. The van der Waals surface area contributed by atoms with Gasteiger partial charge in [0.1, 0.15) is 0 Å². The maximum atomic E-state index is 12.6. The SMILES string of the molecule is CCNC1CC(OC(C)C(F)(F)F)C12CCCCC2. The Hall–Kier alpha value is -0.290. The fourth-order valence-electron chi connectivity index (χ4n) is 3.68. The lowest BCUT2D eigenvalue weighted by atomic mass is 9.55. The van der Waals surface area contributed by atoms with Gasteiger partial charge in [-0.25, -0.2) is 0 Å². The van der Waals surface area contributed by atoms with Crippen LogP contribution in [0.3, 0.4) is 0 Å². The molecular formula is C14H24F3NO. The molecule has 1 spiro atoms. The zero-order valence-electron chi connectivity index (χ0n) is 11.7. The molecule has 0 radical (unpaired) electrons. The summed E-state index contributed by atoms with van der Waals surface area (Å²) in [6.45, 7) is 4.04. The molecule has 2 saturated carbocycles. The van der Waals surface area contributed by atoms with Crippen LogP contribution in [-0.2, 0) is 4.74 Å². The zero-order valence-corrected chi connectivity index (χ0v) is 11.7. The Kier molecular flexibility index (Phi) is 4.45. The summed E-state index contributed by atoms with van der Waals surface area (Å²) in [5, 5.41) is 3.42. The van der Waals surface area contributed by atoms with Crippen LogP contribution in [0.25, 0.3) is 0 Å². The van der Waals surface area contributed by atoms with E-state index < -0.39 is 12.3 Å². The van der Waals surface area contributed by atoms with E-state index in [1.165, 1.54) is 6.42 Å². The van der Waals surface area contributed by atoms with Crippen molar-refractivity contribution < 1.29 is 17.9 Å². The van der Waals surface area contributed by atoms with Gasteiger partial charge in [0.2, 0.25) is 0 Å². The van der Waals surface area contributed by atoms with E-state index in [-0.39, 0.29) is 11.5 Å². The molecule has 3 atom stereocenters.